The average molecular weight is 328 g/mol. The van der Waals surface area contributed by atoms with Gasteiger partial charge in [0.2, 0.25) is 0 Å². The zero-order chi connectivity index (χ0) is 17.1. The third-order valence-electron chi connectivity index (χ3n) is 3.96. The van der Waals surface area contributed by atoms with Gasteiger partial charge in [-0.05, 0) is 31.5 Å². The summed E-state index contributed by atoms with van der Waals surface area (Å²) in [6, 6.07) is 7.44. The Kier molecular flexibility index (Phi) is 4.50. The molecule has 2 aromatic rings. The number of nitrogens with one attached hydrogen (secondary N) is 2. The topological polar surface area (TPSA) is 87.3 Å². The van der Waals surface area contributed by atoms with Crippen LogP contribution in [-0.2, 0) is 17.7 Å². The summed E-state index contributed by atoms with van der Waals surface area (Å²) in [7, 11) is 0. The molecule has 1 aromatic carbocycles. The Labute approximate surface area is 140 Å². The molecule has 2 amide bonds. The van der Waals surface area contributed by atoms with Crippen molar-refractivity contribution in [3.8, 4) is 0 Å². The van der Waals surface area contributed by atoms with Gasteiger partial charge in [-0.1, -0.05) is 12.1 Å². The predicted octanol–water partition coefficient (Wildman–Crippen LogP) is 2.49. The van der Waals surface area contributed by atoms with Crippen molar-refractivity contribution in [1.29, 1.82) is 0 Å². The van der Waals surface area contributed by atoms with Gasteiger partial charge in [0.25, 0.3) is 0 Å². The van der Waals surface area contributed by atoms with Gasteiger partial charge in [-0.2, -0.15) is 5.10 Å². The SMILES string of the molecule is CCOC(=O)c1n[nH]c2c1CN(C(=O)Nc1cccc(C)c1)CC2. The van der Waals surface area contributed by atoms with Crippen LogP contribution < -0.4 is 5.32 Å². The first-order valence-electron chi connectivity index (χ1n) is 7.94. The Morgan fingerprint density at radius 2 is 2.25 bits per heavy atom. The maximum absolute atomic E-state index is 12.5. The first kappa shape index (κ1) is 16.0. The molecule has 7 nitrogen and oxygen atoms in total. The first-order valence-corrected chi connectivity index (χ1v) is 7.94. The first-order chi connectivity index (χ1) is 11.6. The molecular formula is C17H20N4O3. The highest BCUT2D eigenvalue weighted by Gasteiger charge is 2.28. The van der Waals surface area contributed by atoms with E-state index in [1.807, 2.05) is 31.2 Å². The minimum absolute atomic E-state index is 0.192. The molecule has 0 saturated heterocycles. The summed E-state index contributed by atoms with van der Waals surface area (Å²) in [6.07, 6.45) is 0.628. The number of fused-ring (bicyclic) bond motifs is 1. The highest BCUT2D eigenvalue weighted by Crippen LogP contribution is 2.22. The van der Waals surface area contributed by atoms with E-state index in [1.54, 1.807) is 11.8 Å². The molecule has 7 heteroatoms. The minimum Gasteiger partial charge on any atom is -0.461 e. The number of urea groups is 1. The van der Waals surface area contributed by atoms with Crippen LogP contribution in [0.2, 0.25) is 0 Å². The second-order valence-corrected chi connectivity index (χ2v) is 5.72. The van der Waals surface area contributed by atoms with Gasteiger partial charge in [-0.25, -0.2) is 9.59 Å². The van der Waals surface area contributed by atoms with Crippen LogP contribution >= 0.6 is 0 Å². The number of aryl methyl sites for hydroxylation is 1. The van der Waals surface area contributed by atoms with Gasteiger partial charge in [0.15, 0.2) is 5.69 Å². The Morgan fingerprint density at radius 1 is 1.42 bits per heavy atom. The van der Waals surface area contributed by atoms with Crippen LogP contribution in [0.25, 0.3) is 0 Å². The number of H-pyrrole nitrogens is 1. The Balaban J connectivity index is 1.73. The number of nitrogens with zero attached hydrogens (tertiary/aromatic N) is 2. The summed E-state index contributed by atoms with van der Waals surface area (Å²) < 4.78 is 5.02. The Morgan fingerprint density at radius 3 is 3.00 bits per heavy atom. The van der Waals surface area contributed by atoms with E-state index < -0.39 is 5.97 Å². The van der Waals surface area contributed by atoms with Crippen molar-refractivity contribution in [1.82, 2.24) is 15.1 Å². The minimum atomic E-state index is -0.462. The van der Waals surface area contributed by atoms with Crippen molar-refractivity contribution in [2.75, 3.05) is 18.5 Å². The number of carbonyl (C=O) groups is 2. The molecule has 3 rings (SSSR count). The van der Waals surface area contributed by atoms with E-state index in [1.165, 1.54) is 0 Å². The van der Waals surface area contributed by atoms with Crippen molar-refractivity contribution in [3.63, 3.8) is 0 Å². The van der Waals surface area contributed by atoms with Gasteiger partial charge < -0.3 is 15.0 Å². The number of rotatable bonds is 3. The molecule has 1 aromatic heterocycles. The highest BCUT2D eigenvalue weighted by atomic mass is 16.5. The molecular weight excluding hydrogens is 308 g/mol. The van der Waals surface area contributed by atoms with Gasteiger partial charge in [-0.3, -0.25) is 5.10 Å². The number of amides is 2. The second-order valence-electron chi connectivity index (χ2n) is 5.72. The molecule has 0 saturated carbocycles. The number of benzene rings is 1. The van der Waals surface area contributed by atoms with Crippen LogP contribution in [0.1, 0.15) is 34.2 Å². The Hall–Kier alpha value is -2.83. The van der Waals surface area contributed by atoms with E-state index in [0.29, 0.717) is 19.5 Å². The number of aromatic amines is 1. The molecule has 0 radical (unpaired) electrons. The molecule has 1 aliphatic heterocycles. The summed E-state index contributed by atoms with van der Waals surface area (Å²) in [5.41, 5.74) is 3.72. The molecule has 24 heavy (non-hydrogen) atoms. The lowest BCUT2D eigenvalue weighted by Crippen LogP contribution is -2.39. The van der Waals surface area contributed by atoms with Crippen LogP contribution in [0.4, 0.5) is 10.5 Å². The number of carbonyl (C=O) groups excluding carboxylic acids is 2. The zero-order valence-corrected chi connectivity index (χ0v) is 13.8. The van der Waals surface area contributed by atoms with Crippen LogP contribution in [0.5, 0.6) is 0 Å². The molecule has 126 valence electrons. The quantitative estimate of drug-likeness (QED) is 0.847. The number of hydrogen-bond acceptors (Lipinski definition) is 4. The molecule has 0 fully saturated rings. The number of ether oxygens (including phenoxy) is 1. The molecule has 1 aliphatic rings. The predicted molar refractivity (Wildman–Crippen MR) is 88.9 cm³/mol. The summed E-state index contributed by atoms with van der Waals surface area (Å²) in [6.45, 7) is 4.91. The largest absolute Gasteiger partial charge is 0.461 e. The molecule has 0 atom stereocenters. The fraction of sp³-hybridized carbons (Fsp3) is 0.353. The molecule has 0 bridgehead atoms. The smallest absolute Gasteiger partial charge is 0.359 e. The van der Waals surface area contributed by atoms with E-state index in [0.717, 1.165) is 22.5 Å². The maximum Gasteiger partial charge on any atom is 0.359 e. The lowest BCUT2D eigenvalue weighted by Gasteiger charge is -2.27. The van der Waals surface area contributed by atoms with Gasteiger partial charge >= 0.3 is 12.0 Å². The molecule has 0 unspecified atom stereocenters. The van der Waals surface area contributed by atoms with Crippen molar-refractivity contribution >= 4 is 17.7 Å². The van der Waals surface area contributed by atoms with Crippen LogP contribution in [-0.4, -0.2) is 40.2 Å². The maximum atomic E-state index is 12.5. The summed E-state index contributed by atoms with van der Waals surface area (Å²) >= 11 is 0. The fourth-order valence-electron chi connectivity index (χ4n) is 2.76. The van der Waals surface area contributed by atoms with Crippen molar-refractivity contribution in [2.45, 2.75) is 26.8 Å². The number of hydrogen-bond donors (Lipinski definition) is 2. The molecule has 0 spiro atoms. The zero-order valence-electron chi connectivity index (χ0n) is 13.8. The number of anilines is 1. The summed E-state index contributed by atoms with van der Waals surface area (Å²) in [4.78, 5) is 26.1. The van der Waals surface area contributed by atoms with Gasteiger partial charge in [0.1, 0.15) is 0 Å². The van der Waals surface area contributed by atoms with Gasteiger partial charge in [0.05, 0.1) is 13.2 Å². The highest BCUT2D eigenvalue weighted by molar-refractivity contribution is 5.91. The van der Waals surface area contributed by atoms with Crippen molar-refractivity contribution < 1.29 is 14.3 Å². The lowest BCUT2D eigenvalue weighted by molar-refractivity contribution is 0.0517. The van der Waals surface area contributed by atoms with Crippen molar-refractivity contribution in [3.05, 3.63) is 46.8 Å². The summed E-state index contributed by atoms with van der Waals surface area (Å²) in [5, 5.41) is 9.81. The van der Waals surface area contributed by atoms with Crippen LogP contribution in [0.15, 0.2) is 24.3 Å². The van der Waals surface area contributed by atoms with E-state index in [2.05, 4.69) is 15.5 Å². The van der Waals surface area contributed by atoms with Gasteiger partial charge in [0, 0.05) is 29.9 Å². The normalized spacial score (nSPS) is 13.3. The average Bonchev–Trinajstić information content (AvgIpc) is 2.98. The van der Waals surface area contributed by atoms with E-state index in [4.69, 9.17) is 4.74 Å². The third kappa shape index (κ3) is 3.24. The van der Waals surface area contributed by atoms with Gasteiger partial charge in [-0.15, -0.1) is 0 Å². The van der Waals surface area contributed by atoms with Crippen LogP contribution in [0.3, 0.4) is 0 Å². The summed E-state index contributed by atoms with van der Waals surface area (Å²) in [5.74, 6) is -0.462. The fourth-order valence-corrected chi connectivity index (χ4v) is 2.76. The third-order valence-corrected chi connectivity index (χ3v) is 3.96. The number of esters is 1. The van der Waals surface area contributed by atoms with E-state index in [-0.39, 0.29) is 18.3 Å². The van der Waals surface area contributed by atoms with Crippen LogP contribution in [0, 0.1) is 6.92 Å². The lowest BCUT2D eigenvalue weighted by atomic mass is 10.1. The monoisotopic (exact) mass is 328 g/mol. The molecule has 2 heterocycles. The molecule has 2 N–H and O–H groups in total. The van der Waals surface area contributed by atoms with Crippen molar-refractivity contribution in [2.24, 2.45) is 0 Å². The Bertz CT molecular complexity index is 769. The van der Waals surface area contributed by atoms with E-state index in [9.17, 15) is 9.59 Å². The standard InChI is InChI=1S/C17H20N4O3/c1-3-24-16(22)15-13-10-21(8-7-14(13)19-20-15)17(23)18-12-6-4-5-11(2)9-12/h4-6,9H,3,7-8,10H2,1-2H3,(H,18,23)(H,19,20). The van der Waals surface area contributed by atoms with E-state index >= 15 is 0 Å². The number of aromatic nitrogens is 2. The second kappa shape index (κ2) is 6.74. The molecule has 0 aliphatic carbocycles.